The number of ether oxygens (including phenoxy) is 1. The molecule has 1 aromatic heterocycles. The Bertz CT molecular complexity index is 518. The number of carbonyl (C=O) groups is 1. The number of furan rings is 1. The van der Waals surface area contributed by atoms with Gasteiger partial charge in [0.1, 0.15) is 0 Å². The molecule has 1 unspecified atom stereocenters. The molecule has 4 nitrogen and oxygen atoms in total. The van der Waals surface area contributed by atoms with Gasteiger partial charge in [-0.2, -0.15) is 0 Å². The van der Waals surface area contributed by atoms with Gasteiger partial charge >= 0.3 is 5.97 Å². The van der Waals surface area contributed by atoms with Crippen LogP contribution in [0.25, 0.3) is 11.0 Å². The smallest absolute Gasteiger partial charge is 0.310 e. The molecular weight excluding hydrogens is 227 g/mol. The zero-order valence-corrected chi connectivity index (χ0v) is 9.88. The first-order valence-electron chi connectivity index (χ1n) is 4.69. The van der Waals surface area contributed by atoms with Gasteiger partial charge in [0.2, 0.25) is 0 Å². The van der Waals surface area contributed by atoms with Crippen LogP contribution in [0.2, 0.25) is 0 Å². The highest BCUT2D eigenvalue weighted by molar-refractivity contribution is 7.10. The quantitative estimate of drug-likeness (QED) is 0.608. The van der Waals surface area contributed by atoms with Crippen LogP contribution in [-0.4, -0.2) is 13.1 Å². The molecule has 0 aliphatic rings. The van der Waals surface area contributed by atoms with Crippen LogP contribution < -0.4 is 4.52 Å². The van der Waals surface area contributed by atoms with Crippen molar-refractivity contribution in [2.45, 2.75) is 6.42 Å². The largest absolute Gasteiger partial charge is 0.476 e. The number of para-hydroxylation sites is 1. The number of hydrogen-bond donors (Lipinski definition) is 0. The van der Waals surface area contributed by atoms with Crippen LogP contribution in [0.3, 0.4) is 0 Å². The van der Waals surface area contributed by atoms with Crippen LogP contribution in [0.4, 0.5) is 0 Å². The van der Waals surface area contributed by atoms with Crippen LogP contribution in [0.5, 0.6) is 5.75 Å². The van der Waals surface area contributed by atoms with Gasteiger partial charge in [-0.05, 0) is 6.07 Å². The standard InChI is InChI=1S/C11H11O4P/c1-13-10(12)5-7-6-14-11-8(7)3-2-4-9(11)15-16/h2-4,6H,5,16H2,1H3. The van der Waals surface area contributed by atoms with E-state index in [-0.39, 0.29) is 12.4 Å². The lowest BCUT2D eigenvalue weighted by Crippen LogP contribution is -2.03. The first kappa shape index (κ1) is 11.0. The molecule has 84 valence electrons. The van der Waals surface area contributed by atoms with Crippen molar-refractivity contribution in [3.05, 3.63) is 30.0 Å². The molecule has 5 heteroatoms. The second-order valence-electron chi connectivity index (χ2n) is 3.26. The predicted octanol–water partition coefficient (Wildman–Crippen LogP) is 2.32. The second kappa shape index (κ2) is 4.54. The van der Waals surface area contributed by atoms with E-state index in [1.807, 2.05) is 12.1 Å². The van der Waals surface area contributed by atoms with Gasteiger partial charge in [-0.3, -0.25) is 4.79 Å². The Morgan fingerprint density at radius 1 is 1.50 bits per heavy atom. The summed E-state index contributed by atoms with van der Waals surface area (Å²) in [6.45, 7) is 0. The molecule has 0 fully saturated rings. The van der Waals surface area contributed by atoms with E-state index in [0.717, 1.165) is 10.9 Å². The number of hydrogen-bond acceptors (Lipinski definition) is 4. The summed E-state index contributed by atoms with van der Waals surface area (Å²) in [4.78, 5) is 11.2. The van der Waals surface area contributed by atoms with E-state index in [1.54, 1.807) is 12.3 Å². The highest BCUT2D eigenvalue weighted by atomic mass is 31.0. The molecule has 1 heterocycles. The van der Waals surface area contributed by atoms with E-state index in [1.165, 1.54) is 7.11 Å². The Balaban J connectivity index is 2.45. The summed E-state index contributed by atoms with van der Waals surface area (Å²) in [5.74, 6) is 0.332. The van der Waals surface area contributed by atoms with Gasteiger partial charge in [-0.15, -0.1) is 0 Å². The molecular formula is C11H11O4P. The number of fused-ring (bicyclic) bond motifs is 1. The van der Waals surface area contributed by atoms with Crippen molar-refractivity contribution in [3.8, 4) is 5.75 Å². The molecule has 0 spiro atoms. The highest BCUT2D eigenvalue weighted by Gasteiger charge is 2.13. The van der Waals surface area contributed by atoms with Crippen molar-refractivity contribution in [1.29, 1.82) is 0 Å². The van der Waals surface area contributed by atoms with Crippen molar-refractivity contribution >= 4 is 26.4 Å². The van der Waals surface area contributed by atoms with Gasteiger partial charge in [0.25, 0.3) is 0 Å². The monoisotopic (exact) mass is 238 g/mol. The van der Waals surface area contributed by atoms with E-state index in [0.29, 0.717) is 11.3 Å². The van der Waals surface area contributed by atoms with Crippen LogP contribution in [0.15, 0.2) is 28.9 Å². The van der Waals surface area contributed by atoms with E-state index in [9.17, 15) is 4.79 Å². The van der Waals surface area contributed by atoms with Crippen LogP contribution in [-0.2, 0) is 16.0 Å². The van der Waals surface area contributed by atoms with E-state index in [4.69, 9.17) is 8.94 Å². The summed E-state index contributed by atoms with van der Waals surface area (Å²) < 4.78 is 15.1. The van der Waals surface area contributed by atoms with Gasteiger partial charge in [-0.25, -0.2) is 0 Å². The first-order chi connectivity index (χ1) is 7.76. The molecule has 1 aromatic carbocycles. The van der Waals surface area contributed by atoms with Crippen LogP contribution in [0, 0.1) is 0 Å². The van der Waals surface area contributed by atoms with E-state index < -0.39 is 0 Å². The number of carbonyl (C=O) groups excluding carboxylic acids is 1. The van der Waals surface area contributed by atoms with Gasteiger partial charge < -0.3 is 13.7 Å². The molecule has 16 heavy (non-hydrogen) atoms. The molecule has 0 saturated heterocycles. The summed E-state index contributed by atoms with van der Waals surface area (Å²) in [5.41, 5.74) is 1.43. The Hall–Kier alpha value is -1.54. The minimum Gasteiger partial charge on any atom is -0.476 e. The topological polar surface area (TPSA) is 48.7 Å². The Labute approximate surface area is 94.8 Å². The molecule has 1 atom stereocenters. The third kappa shape index (κ3) is 1.89. The third-order valence-electron chi connectivity index (χ3n) is 2.33. The molecule has 2 aromatic rings. The molecule has 0 amide bonds. The lowest BCUT2D eigenvalue weighted by Gasteiger charge is -2.00. The van der Waals surface area contributed by atoms with Crippen molar-refractivity contribution in [2.24, 2.45) is 0 Å². The summed E-state index contributed by atoms with van der Waals surface area (Å²) in [6, 6.07) is 5.52. The lowest BCUT2D eigenvalue weighted by molar-refractivity contribution is -0.139. The third-order valence-corrected chi connectivity index (χ3v) is 2.59. The average Bonchev–Trinajstić information content (AvgIpc) is 2.72. The molecule has 0 saturated carbocycles. The lowest BCUT2D eigenvalue weighted by atomic mass is 10.1. The van der Waals surface area contributed by atoms with Crippen molar-refractivity contribution in [3.63, 3.8) is 0 Å². The fourth-order valence-electron chi connectivity index (χ4n) is 1.54. The second-order valence-corrected chi connectivity index (χ2v) is 3.50. The van der Waals surface area contributed by atoms with Gasteiger partial charge in [0.05, 0.1) is 29.3 Å². The maximum absolute atomic E-state index is 11.2. The number of rotatable bonds is 3. The number of benzene rings is 1. The molecule has 0 radical (unpaired) electrons. The van der Waals surface area contributed by atoms with Crippen LogP contribution >= 0.6 is 9.47 Å². The fraction of sp³-hybridized carbons (Fsp3) is 0.182. The molecule has 0 aliphatic heterocycles. The van der Waals surface area contributed by atoms with E-state index in [2.05, 4.69) is 14.2 Å². The minimum atomic E-state index is -0.292. The maximum Gasteiger partial charge on any atom is 0.310 e. The van der Waals surface area contributed by atoms with E-state index >= 15 is 0 Å². The normalized spacial score (nSPS) is 10.4. The molecule has 0 aliphatic carbocycles. The summed E-state index contributed by atoms with van der Waals surface area (Å²) in [7, 11) is 3.53. The van der Waals surface area contributed by atoms with Crippen molar-refractivity contribution in [2.75, 3.05) is 7.11 Å². The average molecular weight is 238 g/mol. The highest BCUT2D eigenvalue weighted by Crippen LogP contribution is 2.30. The number of methoxy groups -OCH3 is 1. The first-order valence-corrected chi connectivity index (χ1v) is 5.16. The maximum atomic E-state index is 11.2. The molecule has 0 N–H and O–H groups in total. The van der Waals surface area contributed by atoms with Gasteiger partial charge in [-0.1, -0.05) is 12.1 Å². The Kier molecular flexibility index (Phi) is 3.11. The van der Waals surface area contributed by atoms with Gasteiger partial charge in [0, 0.05) is 10.9 Å². The zero-order valence-electron chi connectivity index (χ0n) is 8.73. The van der Waals surface area contributed by atoms with Crippen LogP contribution in [0.1, 0.15) is 5.56 Å². The minimum absolute atomic E-state index is 0.198. The molecule has 0 bridgehead atoms. The summed E-state index contributed by atoms with van der Waals surface area (Å²) in [5, 5.41) is 0.866. The van der Waals surface area contributed by atoms with Crippen molar-refractivity contribution < 1.29 is 18.5 Å². The zero-order chi connectivity index (χ0) is 11.5. The number of esters is 1. The molecule has 2 rings (SSSR count). The summed E-state index contributed by atoms with van der Waals surface area (Å²) in [6.07, 6.45) is 1.75. The van der Waals surface area contributed by atoms with Gasteiger partial charge in [0.15, 0.2) is 11.3 Å². The SMILES string of the molecule is COC(=O)Cc1coc2c(OP)cccc12. The van der Waals surface area contributed by atoms with Crippen molar-refractivity contribution in [1.82, 2.24) is 0 Å². The Morgan fingerprint density at radius 3 is 3.00 bits per heavy atom. The summed E-state index contributed by atoms with van der Waals surface area (Å²) >= 11 is 0. The predicted molar refractivity (Wildman–Crippen MR) is 62.3 cm³/mol. The fourth-order valence-corrected chi connectivity index (χ4v) is 1.73. The Morgan fingerprint density at radius 2 is 2.31 bits per heavy atom.